The summed E-state index contributed by atoms with van der Waals surface area (Å²) in [4.78, 5) is 23.4. The van der Waals surface area contributed by atoms with E-state index in [9.17, 15) is 9.59 Å². The molecule has 0 aliphatic carbocycles. The molecule has 2 aromatic rings. The van der Waals surface area contributed by atoms with Crippen LogP contribution in [0.25, 0.3) is 0 Å². The summed E-state index contributed by atoms with van der Waals surface area (Å²) in [7, 11) is 0. The molecule has 0 bridgehead atoms. The van der Waals surface area contributed by atoms with Gasteiger partial charge in [-0.2, -0.15) is 0 Å². The van der Waals surface area contributed by atoms with Gasteiger partial charge in [0.25, 0.3) is 5.91 Å². The van der Waals surface area contributed by atoms with Gasteiger partial charge < -0.3 is 14.8 Å². The van der Waals surface area contributed by atoms with E-state index >= 15 is 0 Å². The Morgan fingerprint density at radius 1 is 1.17 bits per heavy atom. The smallest absolute Gasteiger partial charge is 0.344 e. The van der Waals surface area contributed by atoms with Gasteiger partial charge in [0, 0.05) is 10.2 Å². The molecule has 2 aromatic carbocycles. The maximum atomic E-state index is 11.8. The second-order valence-electron chi connectivity index (χ2n) is 4.89. The highest BCUT2D eigenvalue weighted by molar-refractivity contribution is 9.10. The van der Waals surface area contributed by atoms with E-state index in [0.29, 0.717) is 16.5 Å². The quantitative estimate of drug-likeness (QED) is 0.729. The number of anilines is 1. The van der Waals surface area contributed by atoms with E-state index in [1.54, 1.807) is 30.3 Å². The van der Waals surface area contributed by atoms with Gasteiger partial charge in [-0.25, -0.2) is 4.79 Å². The molecule has 24 heavy (non-hydrogen) atoms. The number of halogens is 2. The summed E-state index contributed by atoms with van der Waals surface area (Å²) in [6, 6.07) is 12.2. The fourth-order valence-electron chi connectivity index (χ4n) is 1.84. The highest BCUT2D eigenvalue weighted by atomic mass is 79.9. The Labute approximate surface area is 153 Å². The summed E-state index contributed by atoms with van der Waals surface area (Å²) >= 11 is 9.26. The van der Waals surface area contributed by atoms with Crippen LogP contribution in [-0.2, 0) is 14.3 Å². The molecule has 0 saturated carbocycles. The van der Waals surface area contributed by atoms with E-state index in [1.807, 2.05) is 19.1 Å². The predicted octanol–water partition coefficient (Wildman–Crippen LogP) is 3.97. The lowest BCUT2D eigenvalue weighted by Gasteiger charge is -2.10. The average Bonchev–Trinajstić information content (AvgIpc) is 2.55. The van der Waals surface area contributed by atoms with Crippen molar-refractivity contribution < 1.29 is 19.1 Å². The Hall–Kier alpha value is -2.05. The number of ether oxygens (including phenoxy) is 2. The number of carbonyl (C=O) groups excluding carboxylic acids is 2. The number of amides is 1. The molecule has 2 rings (SSSR count). The summed E-state index contributed by atoms with van der Waals surface area (Å²) in [5, 5.41) is 3.07. The van der Waals surface area contributed by atoms with Gasteiger partial charge in [0.05, 0.1) is 5.02 Å². The topological polar surface area (TPSA) is 64.6 Å². The molecule has 0 fully saturated rings. The Kier molecular flexibility index (Phi) is 6.63. The second kappa shape index (κ2) is 8.70. The number of carbonyl (C=O) groups is 2. The summed E-state index contributed by atoms with van der Waals surface area (Å²) in [6.45, 7) is 1.15. The van der Waals surface area contributed by atoms with Crippen molar-refractivity contribution in [2.45, 2.75) is 6.92 Å². The summed E-state index contributed by atoms with van der Waals surface area (Å²) in [6.07, 6.45) is 0. The number of hydrogen-bond acceptors (Lipinski definition) is 4. The normalized spacial score (nSPS) is 10.1. The molecular formula is C17H15BrClNO4. The van der Waals surface area contributed by atoms with Gasteiger partial charge in [-0.3, -0.25) is 4.79 Å². The molecule has 0 unspecified atom stereocenters. The van der Waals surface area contributed by atoms with Crippen LogP contribution in [0.15, 0.2) is 46.9 Å². The zero-order valence-corrected chi connectivity index (χ0v) is 15.2. The first-order chi connectivity index (χ1) is 11.5. The van der Waals surface area contributed by atoms with Gasteiger partial charge in [-0.05, 0) is 42.8 Å². The molecule has 126 valence electrons. The first-order valence-corrected chi connectivity index (χ1v) is 8.22. The number of para-hydroxylation sites is 1. The number of rotatable bonds is 6. The highest BCUT2D eigenvalue weighted by Gasteiger charge is 2.11. The van der Waals surface area contributed by atoms with Crippen molar-refractivity contribution in [2.24, 2.45) is 0 Å². The Bertz CT molecular complexity index is 751. The lowest BCUT2D eigenvalue weighted by molar-refractivity contribution is -0.149. The van der Waals surface area contributed by atoms with Gasteiger partial charge >= 0.3 is 5.97 Å². The van der Waals surface area contributed by atoms with Crippen LogP contribution < -0.4 is 10.1 Å². The second-order valence-corrected chi connectivity index (χ2v) is 6.21. The van der Waals surface area contributed by atoms with E-state index in [2.05, 4.69) is 21.2 Å². The SMILES string of the molecule is Cc1cc(Br)ccc1NC(=O)COC(=O)COc1ccccc1Cl. The molecule has 0 atom stereocenters. The Morgan fingerprint density at radius 3 is 2.62 bits per heavy atom. The average molecular weight is 413 g/mol. The predicted molar refractivity (Wildman–Crippen MR) is 95.4 cm³/mol. The fourth-order valence-corrected chi connectivity index (χ4v) is 2.51. The molecule has 0 aliphatic rings. The van der Waals surface area contributed by atoms with Crippen LogP contribution in [0.3, 0.4) is 0 Å². The molecule has 0 aliphatic heterocycles. The molecule has 0 spiro atoms. The highest BCUT2D eigenvalue weighted by Crippen LogP contribution is 2.23. The van der Waals surface area contributed by atoms with Crippen LogP contribution in [0.2, 0.25) is 5.02 Å². The van der Waals surface area contributed by atoms with Crippen molar-refractivity contribution in [1.29, 1.82) is 0 Å². The number of aryl methyl sites for hydroxylation is 1. The van der Waals surface area contributed by atoms with Crippen LogP contribution >= 0.6 is 27.5 Å². The third-order valence-corrected chi connectivity index (χ3v) is 3.81. The van der Waals surface area contributed by atoms with Crippen LogP contribution in [0.1, 0.15) is 5.56 Å². The molecule has 5 nitrogen and oxygen atoms in total. The third kappa shape index (κ3) is 5.54. The molecular weight excluding hydrogens is 398 g/mol. The monoisotopic (exact) mass is 411 g/mol. The van der Waals surface area contributed by atoms with E-state index in [-0.39, 0.29) is 13.2 Å². The maximum absolute atomic E-state index is 11.8. The minimum absolute atomic E-state index is 0.325. The van der Waals surface area contributed by atoms with E-state index in [1.165, 1.54) is 0 Å². The third-order valence-electron chi connectivity index (χ3n) is 3.01. The minimum atomic E-state index is -0.655. The summed E-state index contributed by atoms with van der Waals surface area (Å²) < 4.78 is 11.0. The zero-order chi connectivity index (χ0) is 17.5. The Balaban J connectivity index is 1.77. The van der Waals surface area contributed by atoms with Crippen molar-refractivity contribution in [3.05, 3.63) is 57.5 Å². The van der Waals surface area contributed by atoms with Crippen molar-refractivity contribution >= 4 is 45.1 Å². The number of nitrogens with one attached hydrogen (secondary N) is 1. The standard InChI is InChI=1S/C17H15BrClNO4/c1-11-8-12(18)6-7-14(11)20-16(21)9-24-17(22)10-23-15-5-3-2-4-13(15)19/h2-8H,9-10H2,1H3,(H,20,21). The molecule has 0 radical (unpaired) electrons. The van der Waals surface area contributed by atoms with Crippen molar-refractivity contribution in [2.75, 3.05) is 18.5 Å². The lowest BCUT2D eigenvalue weighted by atomic mass is 10.2. The number of benzene rings is 2. The molecule has 0 aromatic heterocycles. The van der Waals surface area contributed by atoms with Gasteiger partial charge in [0.1, 0.15) is 5.75 Å². The molecule has 1 amide bonds. The maximum Gasteiger partial charge on any atom is 0.344 e. The van der Waals surface area contributed by atoms with Gasteiger partial charge in [-0.1, -0.05) is 39.7 Å². The van der Waals surface area contributed by atoms with Crippen LogP contribution in [-0.4, -0.2) is 25.1 Å². The van der Waals surface area contributed by atoms with E-state index < -0.39 is 11.9 Å². The van der Waals surface area contributed by atoms with Crippen molar-refractivity contribution in [3.8, 4) is 5.75 Å². The first kappa shape index (κ1) is 18.3. The van der Waals surface area contributed by atoms with E-state index in [4.69, 9.17) is 21.1 Å². The molecule has 0 heterocycles. The van der Waals surface area contributed by atoms with Gasteiger partial charge in [0.15, 0.2) is 13.2 Å². The Morgan fingerprint density at radius 2 is 1.92 bits per heavy atom. The van der Waals surface area contributed by atoms with Crippen LogP contribution in [0.5, 0.6) is 5.75 Å². The summed E-state index contributed by atoms with van der Waals surface area (Å²) in [5.74, 6) is -0.699. The van der Waals surface area contributed by atoms with Crippen LogP contribution in [0, 0.1) is 6.92 Å². The molecule has 7 heteroatoms. The first-order valence-electron chi connectivity index (χ1n) is 7.04. The van der Waals surface area contributed by atoms with Crippen LogP contribution in [0.4, 0.5) is 5.69 Å². The molecule has 0 saturated heterocycles. The van der Waals surface area contributed by atoms with Crippen molar-refractivity contribution in [3.63, 3.8) is 0 Å². The van der Waals surface area contributed by atoms with Crippen molar-refractivity contribution in [1.82, 2.24) is 0 Å². The summed E-state index contributed by atoms with van der Waals surface area (Å²) in [5.41, 5.74) is 1.55. The van der Waals surface area contributed by atoms with Gasteiger partial charge in [-0.15, -0.1) is 0 Å². The fraction of sp³-hybridized carbons (Fsp3) is 0.176. The zero-order valence-electron chi connectivity index (χ0n) is 12.8. The molecule has 1 N–H and O–H groups in total. The van der Waals surface area contributed by atoms with E-state index in [0.717, 1.165) is 10.0 Å². The lowest BCUT2D eigenvalue weighted by Crippen LogP contribution is -2.24. The van der Waals surface area contributed by atoms with Gasteiger partial charge in [0.2, 0.25) is 0 Å². The minimum Gasteiger partial charge on any atom is -0.480 e. The largest absolute Gasteiger partial charge is 0.480 e. The number of esters is 1. The number of hydrogen-bond donors (Lipinski definition) is 1.